The molecule has 0 aromatic heterocycles. The molecule has 0 saturated carbocycles. The summed E-state index contributed by atoms with van der Waals surface area (Å²) in [6.45, 7) is 1.42. The lowest BCUT2D eigenvalue weighted by atomic mass is 10.1. The summed E-state index contributed by atoms with van der Waals surface area (Å²) in [5.74, 6) is -1.24. The lowest BCUT2D eigenvalue weighted by molar-refractivity contribution is -0.154. The van der Waals surface area contributed by atoms with Gasteiger partial charge in [-0.05, 0) is 24.6 Å². The van der Waals surface area contributed by atoms with E-state index in [4.69, 9.17) is 4.74 Å². The van der Waals surface area contributed by atoms with Crippen LogP contribution in [0.3, 0.4) is 0 Å². The van der Waals surface area contributed by atoms with Crippen molar-refractivity contribution in [2.75, 3.05) is 7.05 Å². The topological polar surface area (TPSA) is 84.5 Å². The van der Waals surface area contributed by atoms with E-state index in [0.717, 1.165) is 10.5 Å². The molecule has 6 nitrogen and oxygen atoms in total. The normalized spacial score (nSPS) is 12.5. The maximum Gasteiger partial charge on any atom is 0.324 e. The van der Waals surface area contributed by atoms with E-state index in [1.807, 2.05) is 60.7 Å². The molecular weight excluding hydrogens is 352 g/mol. The maximum atomic E-state index is 12.7. The average Bonchev–Trinajstić information content (AvgIpc) is 2.67. The van der Waals surface area contributed by atoms with Crippen LogP contribution in [0.25, 0.3) is 0 Å². The number of carbonyl (C=O) groups is 3. The number of imide groups is 1. The Balaban J connectivity index is 2.13. The summed E-state index contributed by atoms with van der Waals surface area (Å²) >= 11 is 1.34. The smallest absolute Gasteiger partial charge is 0.324 e. The molecule has 0 fully saturated rings. The number of thioether (sulfide) groups is 1. The summed E-state index contributed by atoms with van der Waals surface area (Å²) in [6.07, 6.45) is -1.10. The number of rotatable bonds is 6. The van der Waals surface area contributed by atoms with Crippen LogP contribution in [0.1, 0.15) is 17.7 Å². The average molecular weight is 372 g/mol. The Morgan fingerprint density at radius 1 is 0.962 bits per heavy atom. The van der Waals surface area contributed by atoms with Crippen molar-refractivity contribution in [3.63, 3.8) is 0 Å². The lowest BCUT2D eigenvalue weighted by Gasteiger charge is -2.19. The molecule has 3 amide bonds. The number of carbonyl (C=O) groups excluding carboxylic acids is 3. The van der Waals surface area contributed by atoms with Crippen molar-refractivity contribution in [3.8, 4) is 0 Å². The molecule has 136 valence electrons. The third-order valence-electron chi connectivity index (χ3n) is 3.44. The van der Waals surface area contributed by atoms with E-state index in [1.165, 1.54) is 25.7 Å². The van der Waals surface area contributed by atoms with Crippen LogP contribution in [0, 0.1) is 0 Å². The first kappa shape index (κ1) is 19.5. The second-order valence-electron chi connectivity index (χ2n) is 5.37. The molecule has 0 bridgehead atoms. The van der Waals surface area contributed by atoms with Crippen LogP contribution in [-0.4, -0.2) is 31.1 Å². The van der Waals surface area contributed by atoms with Crippen molar-refractivity contribution in [3.05, 3.63) is 66.2 Å². The van der Waals surface area contributed by atoms with Gasteiger partial charge in [0.15, 0.2) is 6.10 Å². The van der Waals surface area contributed by atoms with Crippen molar-refractivity contribution >= 4 is 29.7 Å². The van der Waals surface area contributed by atoms with Crippen LogP contribution < -0.4 is 10.6 Å². The first-order valence-corrected chi connectivity index (χ1v) is 8.89. The van der Waals surface area contributed by atoms with Crippen molar-refractivity contribution in [1.82, 2.24) is 10.6 Å². The summed E-state index contributed by atoms with van der Waals surface area (Å²) < 4.78 is 5.29. The Morgan fingerprint density at radius 3 is 2.12 bits per heavy atom. The zero-order chi connectivity index (χ0) is 18.9. The molecule has 0 aliphatic heterocycles. The van der Waals surface area contributed by atoms with Crippen molar-refractivity contribution in [2.24, 2.45) is 0 Å². The molecule has 2 atom stereocenters. The number of amides is 3. The maximum absolute atomic E-state index is 12.7. The molecule has 2 aromatic carbocycles. The van der Waals surface area contributed by atoms with Gasteiger partial charge in [0.25, 0.3) is 5.91 Å². The predicted molar refractivity (Wildman–Crippen MR) is 99.6 cm³/mol. The number of urea groups is 1. The quantitative estimate of drug-likeness (QED) is 0.602. The number of nitrogens with one attached hydrogen (secondary N) is 2. The van der Waals surface area contributed by atoms with Gasteiger partial charge in [-0.15, -0.1) is 11.8 Å². The van der Waals surface area contributed by atoms with E-state index in [-0.39, 0.29) is 0 Å². The molecule has 2 aromatic rings. The monoisotopic (exact) mass is 372 g/mol. The molecule has 0 aliphatic carbocycles. The van der Waals surface area contributed by atoms with Crippen LogP contribution in [0.4, 0.5) is 4.79 Å². The van der Waals surface area contributed by atoms with E-state index >= 15 is 0 Å². The van der Waals surface area contributed by atoms with Crippen LogP contribution in [-0.2, 0) is 14.3 Å². The Labute approximate surface area is 156 Å². The predicted octanol–water partition coefficient (Wildman–Crippen LogP) is 2.91. The van der Waals surface area contributed by atoms with Gasteiger partial charge in [0.1, 0.15) is 5.25 Å². The molecule has 0 heterocycles. The number of benzene rings is 2. The minimum absolute atomic E-state index is 0.551. The van der Waals surface area contributed by atoms with Crippen LogP contribution in [0.15, 0.2) is 65.6 Å². The van der Waals surface area contributed by atoms with Crippen LogP contribution in [0.2, 0.25) is 0 Å². The minimum atomic E-state index is -1.10. The van der Waals surface area contributed by atoms with Gasteiger partial charge in [0.2, 0.25) is 0 Å². The second kappa shape index (κ2) is 9.62. The molecule has 26 heavy (non-hydrogen) atoms. The van der Waals surface area contributed by atoms with Gasteiger partial charge in [-0.3, -0.25) is 14.9 Å². The highest BCUT2D eigenvalue weighted by Crippen LogP contribution is 2.36. The molecule has 0 spiro atoms. The fourth-order valence-corrected chi connectivity index (χ4v) is 3.11. The Morgan fingerprint density at radius 2 is 1.54 bits per heavy atom. The van der Waals surface area contributed by atoms with E-state index in [0.29, 0.717) is 0 Å². The third-order valence-corrected chi connectivity index (χ3v) is 4.68. The summed E-state index contributed by atoms with van der Waals surface area (Å²) in [6, 6.07) is 18.0. The number of ether oxygens (including phenoxy) is 1. The Hall–Kier alpha value is -2.80. The lowest BCUT2D eigenvalue weighted by Crippen LogP contribution is -2.43. The van der Waals surface area contributed by atoms with Gasteiger partial charge in [0.05, 0.1) is 0 Å². The van der Waals surface area contributed by atoms with Crippen LogP contribution >= 0.6 is 11.8 Å². The van der Waals surface area contributed by atoms with E-state index < -0.39 is 29.3 Å². The highest BCUT2D eigenvalue weighted by molar-refractivity contribution is 8.00. The van der Waals surface area contributed by atoms with E-state index in [1.54, 1.807) is 0 Å². The number of hydrogen-bond acceptors (Lipinski definition) is 5. The zero-order valence-electron chi connectivity index (χ0n) is 14.5. The molecule has 0 aliphatic rings. The SMILES string of the molecule is CNC(=O)NC(=O)[C@@H](C)OC(=O)[C@@H](Sc1ccccc1)c1ccccc1. The largest absolute Gasteiger partial charge is 0.451 e. The number of hydrogen-bond donors (Lipinski definition) is 2. The van der Waals surface area contributed by atoms with E-state index in [9.17, 15) is 14.4 Å². The molecular formula is C19H20N2O4S. The van der Waals surface area contributed by atoms with Gasteiger partial charge in [-0.1, -0.05) is 48.5 Å². The van der Waals surface area contributed by atoms with Crippen molar-refractivity contribution in [1.29, 1.82) is 0 Å². The van der Waals surface area contributed by atoms with Gasteiger partial charge in [0, 0.05) is 11.9 Å². The Bertz CT molecular complexity index is 753. The third kappa shape index (κ3) is 5.63. The molecule has 2 rings (SSSR count). The first-order chi connectivity index (χ1) is 12.5. The summed E-state index contributed by atoms with van der Waals surface area (Å²) in [7, 11) is 1.39. The van der Waals surface area contributed by atoms with Crippen LogP contribution in [0.5, 0.6) is 0 Å². The fourth-order valence-electron chi connectivity index (χ4n) is 2.08. The molecule has 0 radical (unpaired) electrons. The standard InChI is InChI=1S/C19H20N2O4S/c1-13(17(22)21-19(24)20-2)25-18(23)16(14-9-5-3-6-10-14)26-15-11-7-4-8-12-15/h3-13,16H,1-2H3,(H2,20,21,22,24)/t13-,16+/m1/s1. The second-order valence-corrected chi connectivity index (χ2v) is 6.55. The Kier molecular flexibility index (Phi) is 7.23. The first-order valence-electron chi connectivity index (χ1n) is 8.01. The highest BCUT2D eigenvalue weighted by Gasteiger charge is 2.28. The van der Waals surface area contributed by atoms with Gasteiger partial charge in [-0.25, -0.2) is 4.79 Å². The summed E-state index contributed by atoms with van der Waals surface area (Å²) in [5.41, 5.74) is 0.769. The molecule has 2 N–H and O–H groups in total. The van der Waals surface area contributed by atoms with Gasteiger partial charge < -0.3 is 10.1 Å². The highest BCUT2D eigenvalue weighted by atomic mass is 32.2. The number of esters is 1. The van der Waals surface area contributed by atoms with E-state index in [2.05, 4.69) is 10.6 Å². The zero-order valence-corrected chi connectivity index (χ0v) is 15.3. The summed E-state index contributed by atoms with van der Waals surface area (Å²) in [5, 5.41) is 3.73. The summed E-state index contributed by atoms with van der Waals surface area (Å²) in [4.78, 5) is 36.7. The minimum Gasteiger partial charge on any atom is -0.451 e. The fraction of sp³-hybridized carbons (Fsp3) is 0.211. The molecule has 7 heteroatoms. The van der Waals surface area contributed by atoms with Gasteiger partial charge in [-0.2, -0.15) is 0 Å². The van der Waals surface area contributed by atoms with Crippen molar-refractivity contribution in [2.45, 2.75) is 23.2 Å². The van der Waals surface area contributed by atoms with Gasteiger partial charge >= 0.3 is 12.0 Å². The van der Waals surface area contributed by atoms with Crippen molar-refractivity contribution < 1.29 is 19.1 Å². The molecule has 0 unspecified atom stereocenters. The molecule has 0 saturated heterocycles.